The summed E-state index contributed by atoms with van der Waals surface area (Å²) in [6, 6.07) is 0. The van der Waals surface area contributed by atoms with Crippen LogP contribution in [0, 0.1) is 13.8 Å². The molecule has 3 aromatic rings. The second kappa shape index (κ2) is 5.72. The first kappa shape index (κ1) is 13.9. The maximum atomic E-state index is 5.61. The lowest BCUT2D eigenvalue weighted by molar-refractivity contribution is 0.431. The lowest BCUT2D eigenvalue weighted by atomic mass is 10.4. The topological polar surface area (TPSA) is 92.5 Å². The summed E-state index contributed by atoms with van der Waals surface area (Å²) in [6.07, 6.45) is 2.72. The number of rotatable bonds is 5. The molecule has 0 unspecified atom stereocenters. The largest absolute Gasteiger partial charge is 0.436 e. The summed E-state index contributed by atoms with van der Waals surface area (Å²) < 4.78 is 5.61. The quantitative estimate of drug-likeness (QED) is 0.700. The van der Waals surface area contributed by atoms with Gasteiger partial charge in [-0.25, -0.2) is 9.97 Å². The highest BCUT2D eigenvalue weighted by molar-refractivity contribution is 7.99. The van der Waals surface area contributed by atoms with E-state index in [1.165, 1.54) is 11.8 Å². The van der Waals surface area contributed by atoms with Gasteiger partial charge in [0.05, 0.1) is 17.3 Å². The van der Waals surface area contributed by atoms with Crippen molar-refractivity contribution in [3.63, 3.8) is 0 Å². The van der Waals surface area contributed by atoms with Crippen molar-refractivity contribution in [3.8, 4) is 0 Å². The van der Waals surface area contributed by atoms with E-state index < -0.39 is 0 Å². The minimum absolute atomic E-state index is 0.577. The summed E-state index contributed by atoms with van der Waals surface area (Å²) in [4.78, 5) is 13.3. The Balaban J connectivity index is 1.97. The van der Waals surface area contributed by atoms with Crippen LogP contribution in [0.5, 0.6) is 0 Å². The molecular weight excluding hydrogens is 288 g/mol. The zero-order valence-electron chi connectivity index (χ0n) is 12.1. The third-order valence-corrected chi connectivity index (χ3v) is 3.85. The van der Waals surface area contributed by atoms with Crippen molar-refractivity contribution in [3.05, 3.63) is 17.7 Å². The van der Waals surface area contributed by atoms with Crippen molar-refractivity contribution in [2.45, 2.75) is 37.4 Å². The van der Waals surface area contributed by atoms with Crippen LogP contribution < -0.4 is 5.32 Å². The third-order valence-electron chi connectivity index (χ3n) is 3.00. The number of H-pyrrole nitrogens is 1. The standard InChI is InChI=1S/C13H16N6OS/c1-4-5-14-12-17-10-9(6-15-19-10)11(18-12)21-13-16-7(2)8(3)20-13/h6H,4-5H2,1-3H3,(H2,14,15,17,18,19). The Morgan fingerprint density at radius 3 is 2.86 bits per heavy atom. The average molecular weight is 304 g/mol. The molecule has 2 N–H and O–H groups in total. The van der Waals surface area contributed by atoms with Crippen LogP contribution in [0.3, 0.4) is 0 Å². The highest BCUT2D eigenvalue weighted by Gasteiger charge is 2.14. The van der Waals surface area contributed by atoms with Gasteiger partial charge in [-0.2, -0.15) is 10.1 Å². The molecule has 0 saturated heterocycles. The first-order chi connectivity index (χ1) is 10.2. The van der Waals surface area contributed by atoms with Gasteiger partial charge in [-0.15, -0.1) is 0 Å². The molecule has 0 aliphatic rings. The fraction of sp³-hybridized carbons (Fsp3) is 0.385. The number of aryl methyl sites for hydroxylation is 2. The number of aromatic nitrogens is 5. The summed E-state index contributed by atoms with van der Waals surface area (Å²) in [5.74, 6) is 1.40. The predicted molar refractivity (Wildman–Crippen MR) is 80.6 cm³/mol. The lowest BCUT2D eigenvalue weighted by Crippen LogP contribution is -2.05. The maximum Gasteiger partial charge on any atom is 0.262 e. The molecule has 8 heteroatoms. The molecule has 0 aromatic carbocycles. The molecule has 0 aliphatic carbocycles. The van der Waals surface area contributed by atoms with Crippen LogP contribution >= 0.6 is 11.8 Å². The van der Waals surface area contributed by atoms with Crippen LogP contribution in [0.15, 0.2) is 20.9 Å². The summed E-state index contributed by atoms with van der Waals surface area (Å²) in [5, 5.41) is 12.3. The molecule has 0 saturated carbocycles. The fourth-order valence-corrected chi connectivity index (χ4v) is 2.68. The number of nitrogens with one attached hydrogen (secondary N) is 2. The number of oxazole rings is 1. The van der Waals surface area contributed by atoms with E-state index in [-0.39, 0.29) is 0 Å². The van der Waals surface area contributed by atoms with E-state index >= 15 is 0 Å². The third kappa shape index (κ3) is 2.85. The number of anilines is 1. The molecule has 0 atom stereocenters. The summed E-state index contributed by atoms with van der Waals surface area (Å²) in [5.41, 5.74) is 1.59. The Hall–Kier alpha value is -2.09. The normalized spacial score (nSPS) is 11.2. The number of hydrogen-bond acceptors (Lipinski definition) is 7. The van der Waals surface area contributed by atoms with Crippen LogP contribution in [0.2, 0.25) is 0 Å². The van der Waals surface area contributed by atoms with Gasteiger partial charge in [0.1, 0.15) is 10.8 Å². The lowest BCUT2D eigenvalue weighted by Gasteiger charge is -2.05. The summed E-state index contributed by atoms with van der Waals surface area (Å²) >= 11 is 1.38. The highest BCUT2D eigenvalue weighted by atomic mass is 32.2. The molecule has 0 amide bonds. The minimum atomic E-state index is 0.577. The van der Waals surface area contributed by atoms with Crippen molar-refractivity contribution >= 4 is 28.7 Å². The van der Waals surface area contributed by atoms with E-state index in [1.807, 2.05) is 13.8 Å². The van der Waals surface area contributed by atoms with Crippen molar-refractivity contribution in [2.24, 2.45) is 0 Å². The minimum Gasteiger partial charge on any atom is -0.436 e. The van der Waals surface area contributed by atoms with E-state index in [2.05, 4.69) is 37.4 Å². The van der Waals surface area contributed by atoms with Crippen LogP contribution in [-0.2, 0) is 0 Å². The van der Waals surface area contributed by atoms with Gasteiger partial charge in [0.2, 0.25) is 5.95 Å². The summed E-state index contributed by atoms with van der Waals surface area (Å²) in [6.45, 7) is 6.73. The molecule has 0 bridgehead atoms. The Labute approximate surface area is 126 Å². The van der Waals surface area contributed by atoms with Crippen molar-refractivity contribution < 1.29 is 4.42 Å². The monoisotopic (exact) mass is 304 g/mol. The van der Waals surface area contributed by atoms with Gasteiger partial charge >= 0.3 is 0 Å². The van der Waals surface area contributed by atoms with E-state index in [0.29, 0.717) is 16.8 Å². The molecule has 3 rings (SSSR count). The molecule has 0 radical (unpaired) electrons. The smallest absolute Gasteiger partial charge is 0.262 e. The average Bonchev–Trinajstić information content (AvgIpc) is 3.04. The first-order valence-corrected chi connectivity index (χ1v) is 7.56. The number of hydrogen-bond donors (Lipinski definition) is 2. The summed E-state index contributed by atoms with van der Waals surface area (Å²) in [7, 11) is 0. The van der Waals surface area contributed by atoms with Gasteiger partial charge in [0.25, 0.3) is 5.22 Å². The number of nitrogens with zero attached hydrogens (tertiary/aromatic N) is 4. The second-order valence-electron chi connectivity index (χ2n) is 4.63. The molecule has 0 aliphatic heterocycles. The fourth-order valence-electron chi connectivity index (χ4n) is 1.77. The van der Waals surface area contributed by atoms with E-state index in [0.717, 1.165) is 34.8 Å². The van der Waals surface area contributed by atoms with Gasteiger partial charge in [0, 0.05) is 6.54 Å². The molecule has 3 aromatic heterocycles. The zero-order chi connectivity index (χ0) is 14.8. The number of aromatic amines is 1. The van der Waals surface area contributed by atoms with Crippen LogP contribution in [-0.4, -0.2) is 31.7 Å². The SMILES string of the molecule is CCCNc1nc(Sc2nc(C)c(C)o2)c2cn[nH]c2n1. The van der Waals surface area contributed by atoms with E-state index in [4.69, 9.17) is 4.42 Å². The zero-order valence-corrected chi connectivity index (χ0v) is 12.9. The molecule has 21 heavy (non-hydrogen) atoms. The van der Waals surface area contributed by atoms with Crippen molar-refractivity contribution in [1.82, 2.24) is 25.1 Å². The Morgan fingerprint density at radius 2 is 2.14 bits per heavy atom. The van der Waals surface area contributed by atoms with Gasteiger partial charge in [0.15, 0.2) is 5.65 Å². The highest BCUT2D eigenvalue weighted by Crippen LogP contribution is 2.32. The van der Waals surface area contributed by atoms with Crippen molar-refractivity contribution in [1.29, 1.82) is 0 Å². The molecular formula is C13H16N6OS. The van der Waals surface area contributed by atoms with Crippen LogP contribution in [0.1, 0.15) is 24.8 Å². The maximum absolute atomic E-state index is 5.61. The molecule has 7 nitrogen and oxygen atoms in total. The molecule has 110 valence electrons. The molecule has 0 fully saturated rings. The van der Waals surface area contributed by atoms with Gasteiger partial charge in [-0.3, -0.25) is 5.10 Å². The first-order valence-electron chi connectivity index (χ1n) is 6.74. The Morgan fingerprint density at radius 1 is 1.29 bits per heavy atom. The molecule has 0 spiro atoms. The molecule has 3 heterocycles. The number of fused-ring (bicyclic) bond motifs is 1. The Bertz CT molecular complexity index is 746. The van der Waals surface area contributed by atoms with E-state index in [9.17, 15) is 0 Å². The predicted octanol–water partition coefficient (Wildman–Crippen LogP) is 2.93. The van der Waals surface area contributed by atoms with Crippen LogP contribution in [0.25, 0.3) is 11.0 Å². The van der Waals surface area contributed by atoms with Gasteiger partial charge in [-0.1, -0.05) is 6.92 Å². The van der Waals surface area contributed by atoms with Gasteiger partial charge < -0.3 is 9.73 Å². The van der Waals surface area contributed by atoms with E-state index in [1.54, 1.807) is 6.20 Å². The van der Waals surface area contributed by atoms with Crippen LogP contribution in [0.4, 0.5) is 5.95 Å². The van der Waals surface area contributed by atoms with Crippen molar-refractivity contribution in [2.75, 3.05) is 11.9 Å². The second-order valence-corrected chi connectivity index (χ2v) is 5.57. The van der Waals surface area contributed by atoms with Gasteiger partial charge in [-0.05, 0) is 32.0 Å². The Kier molecular flexibility index (Phi) is 3.78.